The Morgan fingerprint density at radius 1 is 0.444 bits per heavy atom. The molecule has 5 aromatic rings. The van der Waals surface area contributed by atoms with Gasteiger partial charge in [0.15, 0.2) is 63.9 Å². The van der Waals surface area contributed by atoms with Crippen LogP contribution in [-0.4, -0.2) is 7.11 Å². The molecule has 0 saturated heterocycles. The van der Waals surface area contributed by atoms with Gasteiger partial charge >= 0.3 is 6.18 Å². The van der Waals surface area contributed by atoms with E-state index < -0.39 is 137 Å². The summed E-state index contributed by atoms with van der Waals surface area (Å²) >= 11 is 0. The molecule has 45 heavy (non-hydrogen) atoms. The Labute approximate surface area is 237 Å². The zero-order valence-electron chi connectivity index (χ0n) is 21.2. The first-order valence-corrected chi connectivity index (χ1v) is 11.6. The van der Waals surface area contributed by atoms with Crippen molar-refractivity contribution in [2.75, 3.05) is 7.11 Å². The van der Waals surface area contributed by atoms with Gasteiger partial charge in [0, 0.05) is 27.3 Å². The Morgan fingerprint density at radius 3 is 1.31 bits per heavy atom. The van der Waals surface area contributed by atoms with Crippen molar-refractivity contribution in [2.24, 2.45) is 0 Å². The first-order valence-electron chi connectivity index (χ1n) is 11.6. The van der Waals surface area contributed by atoms with E-state index in [1.54, 1.807) is 0 Å². The van der Waals surface area contributed by atoms with Crippen molar-refractivity contribution in [3.05, 3.63) is 99.4 Å². The first kappa shape index (κ1) is 31.7. The highest BCUT2D eigenvalue weighted by Gasteiger charge is 2.44. The van der Waals surface area contributed by atoms with Crippen LogP contribution in [0.4, 0.5) is 70.2 Å². The average Bonchev–Trinajstić information content (AvgIpc) is 2.97. The van der Waals surface area contributed by atoms with Crippen LogP contribution in [0.25, 0.3) is 43.8 Å². The SMILES string of the molecule is COc1c(F)c(F)c(-c2c3c(F)cccc3c(-c3c(F)c(F)c(C(F)(F)F)c(F)c3F)c3c(F)c(F)c(F)c(F)c23)c(F)c1F. The molecule has 0 bridgehead atoms. The number of benzene rings is 5. The highest BCUT2D eigenvalue weighted by Crippen LogP contribution is 2.51. The summed E-state index contributed by atoms with van der Waals surface area (Å²) < 4.78 is 239. The lowest BCUT2D eigenvalue weighted by molar-refractivity contribution is -0.143. The van der Waals surface area contributed by atoms with Gasteiger partial charge in [0.2, 0.25) is 11.6 Å². The molecule has 0 unspecified atom stereocenters. The van der Waals surface area contributed by atoms with Gasteiger partial charge in [-0.25, -0.2) is 48.3 Å². The molecule has 0 atom stereocenters. The summed E-state index contributed by atoms with van der Waals surface area (Å²) in [5, 5.41) is -7.20. The normalized spacial score (nSPS) is 12.1. The van der Waals surface area contributed by atoms with Crippen LogP contribution in [0, 0.1) is 75.6 Å². The van der Waals surface area contributed by atoms with Crippen molar-refractivity contribution in [3.8, 4) is 28.0 Å². The summed E-state index contributed by atoms with van der Waals surface area (Å²) in [6.07, 6.45) is -6.11. The smallest absolute Gasteiger partial charge is 0.422 e. The lowest BCUT2D eigenvalue weighted by atomic mass is 9.84. The van der Waals surface area contributed by atoms with Crippen LogP contribution >= 0.6 is 0 Å². The predicted molar refractivity (Wildman–Crippen MR) is 123 cm³/mol. The fraction of sp³-hybridized carbons (Fsp3) is 0.0714. The van der Waals surface area contributed by atoms with Gasteiger partial charge in [-0.2, -0.15) is 22.0 Å². The largest absolute Gasteiger partial charge is 0.491 e. The van der Waals surface area contributed by atoms with Crippen LogP contribution in [-0.2, 0) is 6.18 Å². The topological polar surface area (TPSA) is 9.23 Å². The van der Waals surface area contributed by atoms with E-state index in [0.29, 0.717) is 25.3 Å². The third-order valence-electron chi connectivity index (χ3n) is 6.77. The van der Waals surface area contributed by atoms with Crippen LogP contribution in [0.1, 0.15) is 5.56 Å². The minimum Gasteiger partial charge on any atom is -0.491 e. The molecule has 0 aliphatic rings. The lowest BCUT2D eigenvalue weighted by Gasteiger charge is -2.22. The quantitative estimate of drug-likeness (QED) is 0.0809. The van der Waals surface area contributed by atoms with E-state index in [9.17, 15) is 39.5 Å². The third-order valence-corrected chi connectivity index (χ3v) is 6.77. The summed E-state index contributed by atoms with van der Waals surface area (Å²) in [4.78, 5) is 0. The van der Waals surface area contributed by atoms with Gasteiger partial charge in [0.25, 0.3) is 0 Å². The second kappa shape index (κ2) is 10.4. The van der Waals surface area contributed by atoms with Crippen LogP contribution < -0.4 is 4.74 Å². The molecule has 1 nitrogen and oxygen atoms in total. The summed E-state index contributed by atoms with van der Waals surface area (Å²) in [5.41, 5.74) is -11.4. The van der Waals surface area contributed by atoms with Gasteiger partial charge < -0.3 is 4.74 Å². The molecule has 0 fully saturated rings. The molecule has 0 spiro atoms. The number of alkyl halides is 3. The van der Waals surface area contributed by atoms with Crippen LogP contribution in [0.3, 0.4) is 0 Å². The summed E-state index contributed by atoms with van der Waals surface area (Å²) in [6.45, 7) is 0. The van der Waals surface area contributed by atoms with Gasteiger partial charge in [-0.1, -0.05) is 12.1 Å². The van der Waals surface area contributed by atoms with Crippen molar-refractivity contribution < 1.29 is 75.0 Å². The molecule has 0 saturated carbocycles. The third kappa shape index (κ3) is 4.26. The van der Waals surface area contributed by atoms with E-state index in [4.69, 9.17) is 0 Å². The number of ether oxygens (including phenoxy) is 1. The predicted octanol–water partition coefficient (Wildman–Crippen LogP) is 10.2. The Balaban J connectivity index is 2.21. The second-order valence-electron chi connectivity index (χ2n) is 9.09. The molecular weight excluding hydrogens is 656 g/mol. The van der Waals surface area contributed by atoms with Crippen molar-refractivity contribution in [3.63, 3.8) is 0 Å². The van der Waals surface area contributed by atoms with E-state index in [2.05, 4.69) is 4.74 Å². The number of hydrogen-bond acceptors (Lipinski definition) is 1. The van der Waals surface area contributed by atoms with Crippen molar-refractivity contribution in [1.29, 1.82) is 0 Å². The number of rotatable bonds is 3. The van der Waals surface area contributed by atoms with Gasteiger partial charge in [-0.05, 0) is 11.5 Å². The Hall–Kier alpha value is -4.70. The molecule has 5 aromatic carbocycles. The summed E-state index contributed by atoms with van der Waals surface area (Å²) in [6, 6.07) is 1.30. The second-order valence-corrected chi connectivity index (χ2v) is 9.09. The summed E-state index contributed by atoms with van der Waals surface area (Å²) in [7, 11) is 0.526. The van der Waals surface area contributed by atoms with E-state index in [0.717, 1.165) is 0 Å². The number of fused-ring (bicyclic) bond motifs is 2. The fourth-order valence-electron chi connectivity index (χ4n) is 4.97. The Morgan fingerprint density at radius 2 is 0.867 bits per heavy atom. The molecule has 236 valence electrons. The zero-order chi connectivity index (χ0) is 33.6. The zero-order valence-corrected chi connectivity index (χ0v) is 21.2. The lowest BCUT2D eigenvalue weighted by Crippen LogP contribution is -2.16. The highest BCUT2D eigenvalue weighted by atomic mass is 19.4. The van der Waals surface area contributed by atoms with Crippen molar-refractivity contribution >= 4 is 21.5 Å². The van der Waals surface area contributed by atoms with Crippen LogP contribution in [0.5, 0.6) is 5.75 Å². The van der Waals surface area contributed by atoms with E-state index in [1.165, 1.54) is 0 Å². The molecule has 0 radical (unpaired) electrons. The molecule has 5 rings (SSSR count). The molecular formula is C28H6F16O. The molecule has 0 N–H and O–H groups in total. The maximum atomic E-state index is 15.5. The molecule has 17 heteroatoms. The molecule has 0 aromatic heterocycles. The Kier molecular flexibility index (Phi) is 7.36. The number of hydrogen-bond donors (Lipinski definition) is 0. The Bertz CT molecular complexity index is 2060. The van der Waals surface area contributed by atoms with Gasteiger partial charge in [-0.3, -0.25) is 0 Å². The van der Waals surface area contributed by atoms with E-state index >= 15 is 30.7 Å². The minimum absolute atomic E-state index is 0.336. The number of halogens is 16. The molecule has 0 amide bonds. The van der Waals surface area contributed by atoms with E-state index in [-0.39, 0.29) is 0 Å². The summed E-state index contributed by atoms with van der Waals surface area (Å²) in [5.74, 6) is -37.1. The van der Waals surface area contributed by atoms with Crippen LogP contribution in [0.15, 0.2) is 18.2 Å². The van der Waals surface area contributed by atoms with Crippen LogP contribution in [0.2, 0.25) is 0 Å². The van der Waals surface area contributed by atoms with Crippen molar-refractivity contribution in [2.45, 2.75) is 6.18 Å². The fourth-order valence-corrected chi connectivity index (χ4v) is 4.97. The maximum Gasteiger partial charge on any atom is 0.422 e. The highest BCUT2D eigenvalue weighted by molar-refractivity contribution is 6.22. The average molecular weight is 662 g/mol. The monoisotopic (exact) mass is 662 g/mol. The molecule has 0 heterocycles. The molecule has 0 aliphatic carbocycles. The molecule has 0 aliphatic heterocycles. The van der Waals surface area contributed by atoms with Gasteiger partial charge in [0.1, 0.15) is 11.4 Å². The van der Waals surface area contributed by atoms with Gasteiger partial charge in [-0.15, -0.1) is 0 Å². The van der Waals surface area contributed by atoms with E-state index in [1.807, 2.05) is 0 Å². The minimum atomic E-state index is -6.11. The maximum absolute atomic E-state index is 15.5. The first-order chi connectivity index (χ1) is 20.9. The number of methoxy groups -OCH3 is 1. The standard InChI is InChI=1S/C28H6F16O/c1-45-27-25(40)19(34)13(20(35)26(27)41)9-7-5(3-2-4-6(7)29)8(10-11(9)16(31)24(39)23(38)15(10)30)12-17(32)21(36)14(28(42,43)44)22(37)18(12)33/h2-4H,1H3. The van der Waals surface area contributed by atoms with Crippen molar-refractivity contribution in [1.82, 2.24) is 0 Å². The van der Waals surface area contributed by atoms with Gasteiger partial charge in [0.05, 0.1) is 18.2 Å².